The second-order valence-corrected chi connectivity index (χ2v) is 7.91. The number of allylic oxidation sites excluding steroid dienone is 1. The van der Waals surface area contributed by atoms with Crippen molar-refractivity contribution in [2.24, 2.45) is 11.3 Å². The fourth-order valence-electron chi connectivity index (χ4n) is 4.17. The van der Waals surface area contributed by atoms with E-state index < -0.39 is 18.2 Å². The highest BCUT2D eigenvalue weighted by Gasteiger charge is 2.60. The van der Waals surface area contributed by atoms with Crippen molar-refractivity contribution in [1.29, 1.82) is 0 Å². The van der Waals surface area contributed by atoms with Crippen LogP contribution in [0.15, 0.2) is 29.8 Å². The van der Waals surface area contributed by atoms with Crippen LogP contribution in [0.3, 0.4) is 0 Å². The van der Waals surface area contributed by atoms with Crippen molar-refractivity contribution in [2.75, 3.05) is 13.7 Å². The van der Waals surface area contributed by atoms with Gasteiger partial charge in [0.1, 0.15) is 12.7 Å². The number of hydrogen-bond acceptors (Lipinski definition) is 6. The summed E-state index contributed by atoms with van der Waals surface area (Å²) in [4.78, 5) is 24.4. The second kappa shape index (κ2) is 6.34. The fraction of sp³-hybridized carbons (Fsp3) is 0.524. The molecule has 2 aliphatic carbocycles. The molecule has 1 aliphatic heterocycles. The van der Waals surface area contributed by atoms with Gasteiger partial charge in [-0.2, -0.15) is 0 Å². The quantitative estimate of drug-likeness (QED) is 0.818. The minimum absolute atomic E-state index is 0.128. The number of aliphatic hydroxyl groups excluding tert-OH is 1. The number of methoxy groups -OCH3 is 1. The summed E-state index contributed by atoms with van der Waals surface area (Å²) in [6, 6.07) is 7.17. The van der Waals surface area contributed by atoms with Crippen LogP contribution in [0.5, 0.6) is 0 Å². The van der Waals surface area contributed by atoms with E-state index in [2.05, 4.69) is 0 Å². The summed E-state index contributed by atoms with van der Waals surface area (Å²) >= 11 is 0. The normalized spacial score (nSPS) is 38.1. The Morgan fingerprint density at radius 3 is 2.52 bits per heavy atom. The number of Topliss-reactive ketones (excluding diaryl/α,β-unsaturated/α-hetero) is 2. The van der Waals surface area contributed by atoms with Gasteiger partial charge >= 0.3 is 0 Å². The number of carbonyl (C=O) groups is 2. The highest BCUT2D eigenvalue weighted by Crippen LogP contribution is 2.61. The van der Waals surface area contributed by atoms with Gasteiger partial charge < -0.3 is 19.3 Å². The molecule has 0 radical (unpaired) electrons. The van der Waals surface area contributed by atoms with Gasteiger partial charge in [-0.05, 0) is 30.0 Å². The molecule has 1 saturated heterocycles. The first kappa shape index (κ1) is 18.5. The van der Waals surface area contributed by atoms with Crippen LogP contribution in [0, 0.1) is 11.3 Å². The van der Waals surface area contributed by atoms with Crippen molar-refractivity contribution >= 4 is 17.6 Å². The zero-order valence-electron chi connectivity index (χ0n) is 15.7. The Morgan fingerprint density at radius 1 is 1.26 bits per heavy atom. The number of rotatable bonds is 4. The van der Waals surface area contributed by atoms with E-state index in [0.717, 1.165) is 24.0 Å². The van der Waals surface area contributed by atoms with Crippen molar-refractivity contribution in [3.8, 4) is 0 Å². The molecule has 0 spiro atoms. The summed E-state index contributed by atoms with van der Waals surface area (Å²) in [5.41, 5.74) is 2.24. The number of benzene rings is 1. The SMILES string of the molecule is COC1(C)OCC(=O)C(C(O)c2ccc(/C=C3/C(=O)C4(C)CCC34)cc2)O1. The highest BCUT2D eigenvalue weighted by atomic mass is 16.9. The Labute approximate surface area is 158 Å². The molecule has 27 heavy (non-hydrogen) atoms. The van der Waals surface area contributed by atoms with Crippen molar-refractivity contribution in [1.82, 2.24) is 0 Å². The lowest BCUT2D eigenvalue weighted by molar-refractivity contribution is -0.388. The average Bonchev–Trinajstić information content (AvgIpc) is 2.67. The molecule has 1 N–H and O–H groups in total. The van der Waals surface area contributed by atoms with Crippen LogP contribution in [-0.4, -0.2) is 42.5 Å². The Bertz CT molecular complexity index is 812. The number of hydrogen-bond donors (Lipinski definition) is 1. The summed E-state index contributed by atoms with van der Waals surface area (Å²) < 4.78 is 15.9. The summed E-state index contributed by atoms with van der Waals surface area (Å²) in [7, 11) is 1.41. The van der Waals surface area contributed by atoms with E-state index in [1.54, 1.807) is 19.1 Å². The largest absolute Gasteiger partial charge is 0.385 e. The lowest BCUT2D eigenvalue weighted by Crippen LogP contribution is -2.57. The first-order valence-electron chi connectivity index (χ1n) is 9.21. The predicted molar refractivity (Wildman–Crippen MR) is 96.5 cm³/mol. The van der Waals surface area contributed by atoms with Crippen LogP contribution in [-0.2, 0) is 23.8 Å². The molecular formula is C21H24O6. The van der Waals surface area contributed by atoms with Crippen molar-refractivity contribution < 1.29 is 28.9 Å². The zero-order chi connectivity index (χ0) is 19.4. The molecule has 5 atom stereocenters. The number of fused-ring (bicyclic) bond motifs is 1. The maximum atomic E-state index is 12.3. The third-order valence-electron chi connectivity index (χ3n) is 6.27. The molecular weight excluding hydrogens is 348 g/mol. The Balaban J connectivity index is 1.49. The van der Waals surface area contributed by atoms with E-state index in [1.165, 1.54) is 7.11 Å². The second-order valence-electron chi connectivity index (χ2n) is 7.91. The molecule has 6 heteroatoms. The van der Waals surface area contributed by atoms with Gasteiger partial charge in [-0.15, -0.1) is 0 Å². The summed E-state index contributed by atoms with van der Waals surface area (Å²) in [5, 5.41) is 10.6. The number of ether oxygens (including phenoxy) is 3. The third-order valence-corrected chi connectivity index (χ3v) is 6.27. The lowest BCUT2D eigenvalue weighted by atomic mass is 9.45. The van der Waals surface area contributed by atoms with E-state index in [4.69, 9.17) is 14.2 Å². The molecule has 1 aromatic rings. The van der Waals surface area contributed by atoms with Crippen LogP contribution < -0.4 is 0 Å². The van der Waals surface area contributed by atoms with Gasteiger partial charge in [0.15, 0.2) is 17.7 Å². The molecule has 6 nitrogen and oxygen atoms in total. The first-order valence-corrected chi connectivity index (χ1v) is 9.21. The van der Waals surface area contributed by atoms with E-state index in [-0.39, 0.29) is 23.6 Å². The standard InChI is InChI=1S/C21H24O6/c1-20-9-8-15(20)14(19(20)24)10-12-4-6-13(7-5-12)17(23)18-16(22)11-26-21(2,25-3)27-18/h4-7,10,15,17-18,23H,8-9,11H2,1-3H3/b14-10+. The maximum Gasteiger partial charge on any atom is 0.280 e. The van der Waals surface area contributed by atoms with Crippen molar-refractivity contribution in [3.63, 3.8) is 0 Å². The molecule has 3 aliphatic rings. The van der Waals surface area contributed by atoms with Crippen LogP contribution in [0.2, 0.25) is 0 Å². The topological polar surface area (TPSA) is 82.1 Å². The smallest absolute Gasteiger partial charge is 0.280 e. The van der Waals surface area contributed by atoms with Gasteiger partial charge in [0, 0.05) is 30.9 Å². The number of carbonyl (C=O) groups excluding carboxylic acids is 2. The van der Waals surface area contributed by atoms with Gasteiger partial charge in [-0.3, -0.25) is 9.59 Å². The summed E-state index contributed by atoms with van der Waals surface area (Å²) in [6.07, 6.45) is 1.81. The molecule has 5 unspecified atom stereocenters. The fourth-order valence-corrected chi connectivity index (χ4v) is 4.17. The Hall–Kier alpha value is -1.86. The monoisotopic (exact) mass is 372 g/mol. The number of aliphatic hydroxyl groups is 1. The summed E-state index contributed by atoms with van der Waals surface area (Å²) in [5.74, 6) is -1.06. The van der Waals surface area contributed by atoms with Gasteiger partial charge in [-0.1, -0.05) is 31.2 Å². The zero-order valence-corrected chi connectivity index (χ0v) is 15.7. The van der Waals surface area contributed by atoms with E-state index in [0.29, 0.717) is 11.5 Å². The first-order chi connectivity index (χ1) is 12.8. The minimum atomic E-state index is -1.36. The van der Waals surface area contributed by atoms with E-state index in [1.807, 2.05) is 25.1 Å². The Morgan fingerprint density at radius 2 is 1.96 bits per heavy atom. The minimum Gasteiger partial charge on any atom is -0.385 e. The summed E-state index contributed by atoms with van der Waals surface area (Å²) in [6.45, 7) is 3.41. The molecule has 1 heterocycles. The van der Waals surface area contributed by atoms with Gasteiger partial charge in [0.05, 0.1) is 0 Å². The molecule has 2 saturated carbocycles. The van der Waals surface area contributed by atoms with Crippen molar-refractivity contribution in [3.05, 3.63) is 41.0 Å². The highest BCUT2D eigenvalue weighted by molar-refractivity contribution is 6.12. The molecule has 4 rings (SSSR count). The molecule has 1 aromatic carbocycles. The van der Waals surface area contributed by atoms with E-state index >= 15 is 0 Å². The van der Waals surface area contributed by atoms with Gasteiger partial charge in [-0.25, -0.2) is 0 Å². The van der Waals surface area contributed by atoms with Crippen LogP contribution in [0.1, 0.15) is 43.9 Å². The molecule has 144 valence electrons. The van der Waals surface area contributed by atoms with Gasteiger partial charge in [0.25, 0.3) is 5.97 Å². The van der Waals surface area contributed by atoms with Crippen molar-refractivity contribution in [2.45, 2.75) is 44.9 Å². The molecule has 0 bridgehead atoms. The Kier molecular flexibility index (Phi) is 4.35. The van der Waals surface area contributed by atoms with Crippen LogP contribution in [0.4, 0.5) is 0 Å². The molecule has 3 fully saturated rings. The maximum absolute atomic E-state index is 12.3. The number of ketones is 2. The molecule has 0 aromatic heterocycles. The van der Waals surface area contributed by atoms with Crippen LogP contribution in [0.25, 0.3) is 6.08 Å². The lowest BCUT2D eigenvalue weighted by Gasteiger charge is -2.56. The van der Waals surface area contributed by atoms with Gasteiger partial charge in [0.2, 0.25) is 0 Å². The average molecular weight is 372 g/mol. The predicted octanol–water partition coefficient (Wildman–Crippen LogP) is 2.41. The van der Waals surface area contributed by atoms with Crippen LogP contribution >= 0.6 is 0 Å². The third kappa shape index (κ3) is 2.88. The molecule has 0 amide bonds. The van der Waals surface area contributed by atoms with E-state index in [9.17, 15) is 14.7 Å².